The van der Waals surface area contributed by atoms with Crippen LogP contribution in [0.1, 0.15) is 22.3 Å². The van der Waals surface area contributed by atoms with Crippen molar-refractivity contribution in [2.45, 2.75) is 27.7 Å². The summed E-state index contributed by atoms with van der Waals surface area (Å²) in [6.45, 7) is 8.42. The Bertz CT molecular complexity index is 317. The minimum Gasteiger partial charge on any atom is -1.00 e. The molecule has 0 spiro atoms. The second kappa shape index (κ2) is 11.6. The van der Waals surface area contributed by atoms with E-state index in [1.165, 1.54) is 22.3 Å². The Morgan fingerprint density at radius 3 is 1.12 bits per heavy atom. The van der Waals surface area contributed by atoms with Gasteiger partial charge in [0.15, 0.2) is 0 Å². The van der Waals surface area contributed by atoms with Crippen LogP contribution in [0.4, 0.5) is 0 Å². The average Bonchev–Trinajstić information content (AvgIpc) is 2.63. The van der Waals surface area contributed by atoms with E-state index in [1.54, 1.807) is 0 Å². The Labute approximate surface area is 145 Å². The molecule has 3 heteroatoms. The maximum Gasteiger partial charge on any atom is 4.00 e. The van der Waals surface area contributed by atoms with Crippen LogP contribution >= 0.6 is 0 Å². The number of halogens is 2. The van der Waals surface area contributed by atoms with E-state index in [-0.39, 0.29) is 60.2 Å². The molecule has 0 fully saturated rings. The summed E-state index contributed by atoms with van der Waals surface area (Å²) < 4.78 is 0. The zero-order valence-corrected chi connectivity index (χ0v) is 16.4. The fourth-order valence-electron chi connectivity index (χ4n) is 1.44. The third-order valence-corrected chi connectivity index (χ3v) is 2.13. The number of aryl methyl sites for hydroxylation is 4. The Kier molecular flexibility index (Phi) is 15.5. The van der Waals surface area contributed by atoms with E-state index < -0.39 is 0 Å². The van der Waals surface area contributed by atoms with Crippen LogP contribution in [-0.2, 0) is 26.2 Å². The molecule has 0 N–H and O–H groups in total. The Morgan fingerprint density at radius 2 is 1.06 bits per heavy atom. The second-order valence-corrected chi connectivity index (χ2v) is 3.93. The van der Waals surface area contributed by atoms with Gasteiger partial charge in [0.05, 0.1) is 0 Å². The van der Waals surface area contributed by atoms with Crippen LogP contribution in [0.3, 0.4) is 0 Å². The van der Waals surface area contributed by atoms with Crippen LogP contribution in [0.25, 0.3) is 0 Å². The predicted octanol–water partition coefficient (Wildman–Crippen LogP) is -1.95. The van der Waals surface area contributed by atoms with E-state index in [1.807, 2.05) is 0 Å². The molecule has 0 saturated carbocycles. The van der Waals surface area contributed by atoms with Gasteiger partial charge in [-0.2, -0.15) is 35.4 Å². The monoisotopic (exact) mass is 434 g/mol. The topological polar surface area (TPSA) is 0 Å². The van der Waals surface area contributed by atoms with Gasteiger partial charge in [0.2, 0.25) is 0 Å². The fraction of sp³-hybridized carbons (Fsp3) is 0.286. The number of hydrogen-bond acceptors (Lipinski definition) is 0. The zero-order chi connectivity index (χ0) is 10.6. The summed E-state index contributed by atoms with van der Waals surface area (Å²) in [6.07, 6.45) is 0. The van der Waals surface area contributed by atoms with Gasteiger partial charge in [0, 0.05) is 0 Å². The van der Waals surface area contributed by atoms with Gasteiger partial charge in [-0.1, -0.05) is 27.7 Å². The molecular formula is C14H18Br2Zr. The maximum atomic E-state index is 2.17. The third-order valence-electron chi connectivity index (χ3n) is 2.13. The van der Waals surface area contributed by atoms with Crippen molar-refractivity contribution in [1.82, 2.24) is 0 Å². The van der Waals surface area contributed by atoms with E-state index in [2.05, 4.69) is 64.1 Å². The van der Waals surface area contributed by atoms with E-state index in [4.69, 9.17) is 0 Å². The van der Waals surface area contributed by atoms with Gasteiger partial charge in [-0.3, -0.25) is 0 Å². The van der Waals surface area contributed by atoms with Gasteiger partial charge < -0.3 is 34.0 Å². The van der Waals surface area contributed by atoms with Crippen molar-refractivity contribution < 1.29 is 60.2 Å². The Balaban J connectivity index is -0.000000196. The van der Waals surface area contributed by atoms with Crippen LogP contribution in [0.2, 0.25) is 0 Å². The first-order valence-corrected chi connectivity index (χ1v) is 4.98. The summed E-state index contributed by atoms with van der Waals surface area (Å²) in [5, 5.41) is 0. The molecule has 0 aliphatic heterocycles. The van der Waals surface area contributed by atoms with Crippen LogP contribution in [0, 0.1) is 27.7 Å². The molecule has 0 amide bonds. The van der Waals surface area contributed by atoms with Crippen LogP contribution in [0.15, 0.2) is 36.4 Å². The van der Waals surface area contributed by atoms with Gasteiger partial charge in [0.25, 0.3) is 0 Å². The molecule has 0 radical (unpaired) electrons. The standard InChI is InChI=1S/2C7H9.2BrH.Zr/c2*1-6-3-4-7(2)5-6;;;/h2*3-5H,1-2H3;2*1H;/q2*-1;;;+4/p-2. The summed E-state index contributed by atoms with van der Waals surface area (Å²) >= 11 is 0. The average molecular weight is 437 g/mol. The zero-order valence-electron chi connectivity index (χ0n) is 10.7. The van der Waals surface area contributed by atoms with Gasteiger partial charge in [0.1, 0.15) is 0 Å². The number of rotatable bonds is 0. The van der Waals surface area contributed by atoms with Crippen molar-refractivity contribution in [2.24, 2.45) is 0 Å². The van der Waals surface area contributed by atoms with Crippen LogP contribution in [-0.4, -0.2) is 0 Å². The molecule has 0 aliphatic rings. The maximum absolute atomic E-state index is 2.17. The summed E-state index contributed by atoms with van der Waals surface area (Å²) in [4.78, 5) is 0. The fourth-order valence-corrected chi connectivity index (χ4v) is 1.44. The van der Waals surface area contributed by atoms with E-state index in [0.717, 1.165) is 0 Å². The third kappa shape index (κ3) is 10.2. The first-order valence-electron chi connectivity index (χ1n) is 4.98. The minimum atomic E-state index is 0. The predicted molar refractivity (Wildman–Crippen MR) is 63.0 cm³/mol. The van der Waals surface area contributed by atoms with Gasteiger partial charge in [-0.15, -0.1) is 0 Å². The molecule has 92 valence electrons. The molecular weight excluding hydrogens is 419 g/mol. The molecule has 0 atom stereocenters. The first kappa shape index (κ1) is 22.7. The van der Waals surface area contributed by atoms with Crippen molar-refractivity contribution in [3.63, 3.8) is 0 Å². The van der Waals surface area contributed by atoms with Crippen molar-refractivity contribution in [1.29, 1.82) is 0 Å². The van der Waals surface area contributed by atoms with Crippen molar-refractivity contribution >= 4 is 0 Å². The largest absolute Gasteiger partial charge is 4.00 e. The quantitative estimate of drug-likeness (QED) is 0.421. The molecule has 0 aliphatic carbocycles. The van der Waals surface area contributed by atoms with Crippen LogP contribution in [0.5, 0.6) is 0 Å². The van der Waals surface area contributed by atoms with E-state index >= 15 is 0 Å². The number of hydrogen-bond donors (Lipinski definition) is 0. The van der Waals surface area contributed by atoms with Crippen molar-refractivity contribution in [2.75, 3.05) is 0 Å². The summed E-state index contributed by atoms with van der Waals surface area (Å²) in [5.41, 5.74) is 5.44. The summed E-state index contributed by atoms with van der Waals surface area (Å²) in [6, 6.07) is 12.8. The van der Waals surface area contributed by atoms with Crippen LogP contribution < -0.4 is 34.0 Å². The van der Waals surface area contributed by atoms with Gasteiger partial charge in [-0.05, 0) is 0 Å². The molecule has 0 nitrogen and oxygen atoms in total. The Morgan fingerprint density at radius 1 is 0.765 bits per heavy atom. The molecule has 0 bridgehead atoms. The van der Waals surface area contributed by atoms with Crippen molar-refractivity contribution in [3.05, 3.63) is 58.7 Å². The van der Waals surface area contributed by atoms with Crippen molar-refractivity contribution in [3.8, 4) is 0 Å². The minimum absolute atomic E-state index is 0. The van der Waals surface area contributed by atoms with E-state index in [0.29, 0.717) is 0 Å². The normalized spacial score (nSPS) is 7.76. The van der Waals surface area contributed by atoms with Gasteiger partial charge in [-0.25, -0.2) is 23.3 Å². The SMILES string of the molecule is Cc1cc[c-](C)c1.Cc1cc[c-](C)c1.[Br-].[Br-].[Zr+4]. The second-order valence-electron chi connectivity index (χ2n) is 3.93. The Hall–Kier alpha value is 0.543. The summed E-state index contributed by atoms with van der Waals surface area (Å²) in [7, 11) is 0. The summed E-state index contributed by atoms with van der Waals surface area (Å²) in [5.74, 6) is 0. The smallest absolute Gasteiger partial charge is 1.00 e. The molecule has 17 heavy (non-hydrogen) atoms. The molecule has 0 aromatic heterocycles. The van der Waals surface area contributed by atoms with E-state index in [9.17, 15) is 0 Å². The molecule has 0 saturated heterocycles. The molecule has 2 aromatic rings. The van der Waals surface area contributed by atoms with Gasteiger partial charge >= 0.3 is 26.2 Å². The molecule has 2 aromatic carbocycles. The molecule has 0 heterocycles. The first-order chi connectivity index (χ1) is 6.58. The molecule has 2 rings (SSSR count). The molecule has 0 unspecified atom stereocenters.